The average molecular weight is 285 g/mol. The first-order valence-corrected chi connectivity index (χ1v) is 6.24. The highest BCUT2D eigenvalue weighted by molar-refractivity contribution is 5.91. The summed E-state index contributed by atoms with van der Waals surface area (Å²) in [6.07, 6.45) is 0. The molecule has 2 aromatic rings. The standard InChI is InChI=1S/C16H12FNO3/c17-9-10-20-14-7-3-13(4-8-14)16(19)21-15-5-1-12(11-18)2-6-15/h1-8H,9-10H2. The Morgan fingerprint density at radius 1 is 1.05 bits per heavy atom. The van der Waals surface area contributed by atoms with Gasteiger partial charge in [0.25, 0.3) is 0 Å². The van der Waals surface area contributed by atoms with Gasteiger partial charge in [0.2, 0.25) is 0 Å². The SMILES string of the molecule is N#Cc1ccc(OC(=O)c2ccc(OCCF)cc2)cc1. The van der Waals surface area contributed by atoms with E-state index in [1.807, 2.05) is 6.07 Å². The Bertz CT molecular complexity index is 645. The number of hydrogen-bond acceptors (Lipinski definition) is 4. The van der Waals surface area contributed by atoms with E-state index in [2.05, 4.69) is 0 Å². The lowest BCUT2D eigenvalue weighted by molar-refractivity contribution is 0.0734. The summed E-state index contributed by atoms with van der Waals surface area (Å²) in [6, 6.07) is 14.4. The first-order chi connectivity index (χ1) is 10.2. The van der Waals surface area contributed by atoms with Gasteiger partial charge in [0, 0.05) is 0 Å². The molecule has 0 aliphatic heterocycles. The van der Waals surface area contributed by atoms with Crippen LogP contribution < -0.4 is 9.47 Å². The average Bonchev–Trinajstić information content (AvgIpc) is 2.54. The second-order valence-corrected chi connectivity index (χ2v) is 4.09. The summed E-state index contributed by atoms with van der Waals surface area (Å²) < 4.78 is 22.2. The van der Waals surface area contributed by atoms with Gasteiger partial charge in [0.15, 0.2) is 0 Å². The van der Waals surface area contributed by atoms with Crippen molar-refractivity contribution in [2.24, 2.45) is 0 Å². The van der Waals surface area contributed by atoms with E-state index in [4.69, 9.17) is 14.7 Å². The maximum Gasteiger partial charge on any atom is 0.343 e. The molecule has 0 aromatic heterocycles. The highest BCUT2D eigenvalue weighted by Crippen LogP contribution is 2.16. The summed E-state index contributed by atoms with van der Waals surface area (Å²) in [5.41, 5.74) is 0.844. The van der Waals surface area contributed by atoms with Crippen LogP contribution in [0.3, 0.4) is 0 Å². The van der Waals surface area contributed by atoms with Gasteiger partial charge in [0.1, 0.15) is 24.8 Å². The van der Waals surface area contributed by atoms with Gasteiger partial charge in [-0.15, -0.1) is 0 Å². The lowest BCUT2D eigenvalue weighted by atomic mass is 10.2. The lowest BCUT2D eigenvalue weighted by Gasteiger charge is -2.06. The number of halogens is 1. The summed E-state index contributed by atoms with van der Waals surface area (Å²) in [5.74, 6) is 0.330. The molecule has 5 heteroatoms. The first-order valence-electron chi connectivity index (χ1n) is 6.24. The van der Waals surface area contributed by atoms with Gasteiger partial charge in [-0.1, -0.05) is 0 Å². The van der Waals surface area contributed by atoms with Gasteiger partial charge >= 0.3 is 5.97 Å². The van der Waals surface area contributed by atoms with Crippen molar-refractivity contribution < 1.29 is 18.7 Å². The summed E-state index contributed by atoms with van der Waals surface area (Å²) in [6.45, 7) is -0.586. The van der Waals surface area contributed by atoms with E-state index >= 15 is 0 Å². The molecular weight excluding hydrogens is 273 g/mol. The molecule has 0 unspecified atom stereocenters. The van der Waals surface area contributed by atoms with Crippen LogP contribution in [0.25, 0.3) is 0 Å². The fraction of sp³-hybridized carbons (Fsp3) is 0.125. The third-order valence-corrected chi connectivity index (χ3v) is 2.63. The molecule has 0 aliphatic rings. The Morgan fingerprint density at radius 2 is 1.67 bits per heavy atom. The van der Waals surface area contributed by atoms with E-state index in [1.165, 1.54) is 0 Å². The van der Waals surface area contributed by atoms with Gasteiger partial charge < -0.3 is 9.47 Å². The molecule has 21 heavy (non-hydrogen) atoms. The van der Waals surface area contributed by atoms with Crippen LogP contribution in [-0.4, -0.2) is 19.3 Å². The summed E-state index contributed by atoms with van der Waals surface area (Å²) >= 11 is 0. The van der Waals surface area contributed by atoms with Crippen LogP contribution in [0.4, 0.5) is 4.39 Å². The molecular formula is C16H12FNO3. The summed E-state index contributed by atoms with van der Waals surface area (Å²) in [5, 5.41) is 8.68. The highest BCUT2D eigenvalue weighted by Gasteiger charge is 2.08. The quantitative estimate of drug-likeness (QED) is 0.625. The van der Waals surface area contributed by atoms with Crippen molar-refractivity contribution in [1.82, 2.24) is 0 Å². The minimum Gasteiger partial charge on any atom is -0.491 e. The van der Waals surface area contributed by atoms with Gasteiger partial charge in [-0.2, -0.15) is 5.26 Å². The van der Waals surface area contributed by atoms with Crippen molar-refractivity contribution in [3.63, 3.8) is 0 Å². The zero-order valence-corrected chi connectivity index (χ0v) is 11.1. The molecule has 0 atom stereocenters. The van der Waals surface area contributed by atoms with E-state index < -0.39 is 12.6 Å². The minimum atomic E-state index is -0.567. The van der Waals surface area contributed by atoms with Crippen LogP contribution in [0.1, 0.15) is 15.9 Å². The highest BCUT2D eigenvalue weighted by atomic mass is 19.1. The topological polar surface area (TPSA) is 59.3 Å². The molecule has 0 fully saturated rings. The van der Waals surface area contributed by atoms with Gasteiger partial charge in [0.05, 0.1) is 17.2 Å². The minimum absolute atomic E-state index is 0.0188. The molecule has 106 valence electrons. The Hall–Kier alpha value is -2.87. The van der Waals surface area contributed by atoms with Crippen LogP contribution >= 0.6 is 0 Å². The van der Waals surface area contributed by atoms with Gasteiger partial charge in [-0.25, -0.2) is 9.18 Å². The number of carbonyl (C=O) groups is 1. The second kappa shape index (κ2) is 7.06. The molecule has 0 spiro atoms. The predicted molar refractivity (Wildman–Crippen MR) is 74.0 cm³/mol. The predicted octanol–water partition coefficient (Wildman–Crippen LogP) is 3.13. The van der Waals surface area contributed by atoms with Crippen LogP contribution in [0.2, 0.25) is 0 Å². The molecule has 2 aromatic carbocycles. The maximum atomic E-state index is 12.0. The van der Waals surface area contributed by atoms with Crippen molar-refractivity contribution >= 4 is 5.97 Å². The van der Waals surface area contributed by atoms with E-state index in [0.29, 0.717) is 22.6 Å². The molecule has 0 saturated heterocycles. The molecule has 0 amide bonds. The molecule has 4 nitrogen and oxygen atoms in total. The van der Waals surface area contributed by atoms with Crippen molar-refractivity contribution in [3.8, 4) is 17.6 Å². The van der Waals surface area contributed by atoms with Crippen LogP contribution in [0.15, 0.2) is 48.5 Å². The molecule has 0 heterocycles. The van der Waals surface area contributed by atoms with E-state index in [0.717, 1.165) is 0 Å². The van der Waals surface area contributed by atoms with E-state index in [1.54, 1.807) is 48.5 Å². The molecule has 0 N–H and O–H groups in total. The number of esters is 1. The Kier molecular flexibility index (Phi) is 4.89. The van der Waals surface area contributed by atoms with Crippen LogP contribution in [0, 0.1) is 11.3 Å². The number of nitriles is 1. The van der Waals surface area contributed by atoms with Gasteiger partial charge in [-0.05, 0) is 48.5 Å². The fourth-order valence-corrected chi connectivity index (χ4v) is 1.61. The van der Waals surface area contributed by atoms with Crippen molar-refractivity contribution in [1.29, 1.82) is 5.26 Å². The van der Waals surface area contributed by atoms with E-state index in [-0.39, 0.29) is 6.61 Å². The number of benzene rings is 2. The third kappa shape index (κ3) is 4.05. The van der Waals surface area contributed by atoms with Crippen molar-refractivity contribution in [3.05, 3.63) is 59.7 Å². The molecule has 0 radical (unpaired) electrons. The van der Waals surface area contributed by atoms with Gasteiger partial charge in [-0.3, -0.25) is 0 Å². The summed E-state index contributed by atoms with van der Waals surface area (Å²) in [4.78, 5) is 11.9. The first kappa shape index (κ1) is 14.5. The number of nitrogens with zero attached hydrogens (tertiary/aromatic N) is 1. The second-order valence-electron chi connectivity index (χ2n) is 4.09. The lowest BCUT2D eigenvalue weighted by Crippen LogP contribution is -2.08. The molecule has 0 bridgehead atoms. The third-order valence-electron chi connectivity index (χ3n) is 2.63. The largest absolute Gasteiger partial charge is 0.491 e. The van der Waals surface area contributed by atoms with Crippen LogP contribution in [0.5, 0.6) is 11.5 Å². The molecule has 0 saturated carbocycles. The zero-order chi connectivity index (χ0) is 15.1. The molecule has 0 aliphatic carbocycles. The van der Waals surface area contributed by atoms with Crippen molar-refractivity contribution in [2.45, 2.75) is 0 Å². The smallest absolute Gasteiger partial charge is 0.343 e. The number of ether oxygens (including phenoxy) is 2. The Labute approximate surface area is 121 Å². The normalized spacial score (nSPS) is 9.71. The van der Waals surface area contributed by atoms with Crippen LogP contribution in [-0.2, 0) is 0 Å². The number of carbonyl (C=O) groups excluding carboxylic acids is 1. The summed E-state index contributed by atoms with van der Waals surface area (Å²) in [7, 11) is 0. The molecule has 2 rings (SSSR count). The monoisotopic (exact) mass is 285 g/mol. The number of alkyl halides is 1. The fourth-order valence-electron chi connectivity index (χ4n) is 1.61. The number of rotatable bonds is 5. The van der Waals surface area contributed by atoms with E-state index in [9.17, 15) is 9.18 Å². The number of hydrogen-bond donors (Lipinski definition) is 0. The Morgan fingerprint density at radius 3 is 2.24 bits per heavy atom. The maximum absolute atomic E-state index is 12.0. The Balaban J connectivity index is 2.00. The zero-order valence-electron chi connectivity index (χ0n) is 11.1. The van der Waals surface area contributed by atoms with Crippen molar-refractivity contribution in [2.75, 3.05) is 13.3 Å².